The molecule has 1 heterocycles. The van der Waals surface area contributed by atoms with Crippen LogP contribution in [0.2, 0.25) is 0 Å². The van der Waals surface area contributed by atoms with Gasteiger partial charge in [-0.15, -0.1) is 0 Å². The summed E-state index contributed by atoms with van der Waals surface area (Å²) >= 11 is 0. The lowest BCUT2D eigenvalue weighted by Gasteiger charge is -2.15. The summed E-state index contributed by atoms with van der Waals surface area (Å²) < 4.78 is 41.6. The maximum absolute atomic E-state index is 12.1. The fourth-order valence-electron chi connectivity index (χ4n) is 2.76. The molecule has 1 aliphatic rings. The molecule has 4 nitrogen and oxygen atoms in total. The zero-order chi connectivity index (χ0) is 18.1. The van der Waals surface area contributed by atoms with Gasteiger partial charge in [-0.3, -0.25) is 4.79 Å². The van der Waals surface area contributed by atoms with Gasteiger partial charge in [0.1, 0.15) is 5.75 Å². The third kappa shape index (κ3) is 7.77. The Morgan fingerprint density at radius 3 is 2.72 bits per heavy atom. The lowest BCUT2D eigenvalue weighted by molar-refractivity contribution is -0.136. The maximum atomic E-state index is 12.1. The van der Waals surface area contributed by atoms with Gasteiger partial charge in [0.05, 0.1) is 13.2 Å². The minimum Gasteiger partial charge on any atom is -0.494 e. The van der Waals surface area contributed by atoms with E-state index in [2.05, 4.69) is 5.32 Å². The van der Waals surface area contributed by atoms with Gasteiger partial charge in [-0.05, 0) is 49.9 Å². The summed E-state index contributed by atoms with van der Waals surface area (Å²) in [7, 11) is 0. The number of ether oxygens (including phenoxy) is 1. The SMILES string of the molecule is O=C(CNCCc1cccc(OCCCC(F)(F)F)c1)N1CCCC1. The average molecular weight is 358 g/mol. The molecule has 2 rings (SSSR count). The predicted molar refractivity (Wildman–Crippen MR) is 89.6 cm³/mol. The molecule has 1 saturated heterocycles. The van der Waals surface area contributed by atoms with Gasteiger partial charge in [-0.25, -0.2) is 0 Å². The van der Waals surface area contributed by atoms with Crippen molar-refractivity contribution in [2.75, 3.05) is 32.8 Å². The third-order valence-corrected chi connectivity index (χ3v) is 4.10. The summed E-state index contributed by atoms with van der Waals surface area (Å²) in [6, 6.07) is 7.33. The van der Waals surface area contributed by atoms with Crippen molar-refractivity contribution in [1.29, 1.82) is 0 Å². The van der Waals surface area contributed by atoms with Crippen molar-refractivity contribution < 1.29 is 22.7 Å². The number of hydrogen-bond acceptors (Lipinski definition) is 3. The van der Waals surface area contributed by atoms with Gasteiger partial charge in [0.25, 0.3) is 0 Å². The molecule has 1 aromatic rings. The molecule has 1 amide bonds. The number of benzene rings is 1. The smallest absolute Gasteiger partial charge is 0.389 e. The summed E-state index contributed by atoms with van der Waals surface area (Å²) in [4.78, 5) is 13.8. The number of carbonyl (C=O) groups excluding carboxylic acids is 1. The molecule has 0 atom stereocenters. The first-order chi connectivity index (χ1) is 11.9. The molecule has 1 N–H and O–H groups in total. The van der Waals surface area contributed by atoms with Gasteiger partial charge in [0.15, 0.2) is 0 Å². The molecule has 0 saturated carbocycles. The molecule has 0 aromatic heterocycles. The molecule has 0 radical (unpaired) electrons. The molecule has 25 heavy (non-hydrogen) atoms. The van der Waals surface area contributed by atoms with Gasteiger partial charge in [-0.1, -0.05) is 12.1 Å². The summed E-state index contributed by atoms with van der Waals surface area (Å²) in [5, 5.41) is 3.14. The average Bonchev–Trinajstić information content (AvgIpc) is 3.10. The Labute approximate surface area is 146 Å². The fraction of sp³-hybridized carbons (Fsp3) is 0.611. The minimum absolute atomic E-state index is 0.0472. The Morgan fingerprint density at radius 2 is 2.00 bits per heavy atom. The van der Waals surface area contributed by atoms with E-state index in [4.69, 9.17) is 4.74 Å². The van der Waals surface area contributed by atoms with Crippen LogP contribution < -0.4 is 10.1 Å². The van der Waals surface area contributed by atoms with E-state index in [1.54, 1.807) is 6.07 Å². The standard InChI is InChI=1S/C18H25F3N2O2/c19-18(20,21)8-4-12-25-16-6-3-5-15(13-16)7-9-22-14-17(24)23-10-1-2-11-23/h3,5-6,13,22H,1-2,4,7-12,14H2. The van der Waals surface area contributed by atoms with Crippen molar-refractivity contribution in [2.24, 2.45) is 0 Å². The normalized spacial score (nSPS) is 14.8. The highest BCUT2D eigenvalue weighted by molar-refractivity contribution is 5.78. The van der Waals surface area contributed by atoms with E-state index in [9.17, 15) is 18.0 Å². The molecule has 0 unspecified atom stereocenters. The Kier molecular flexibility index (Phi) is 7.55. The van der Waals surface area contributed by atoms with Crippen LogP contribution in [0.4, 0.5) is 13.2 Å². The van der Waals surface area contributed by atoms with Crippen molar-refractivity contribution in [2.45, 2.75) is 38.3 Å². The molecule has 0 aliphatic carbocycles. The number of nitrogens with zero attached hydrogens (tertiary/aromatic N) is 1. The Balaban J connectivity index is 1.64. The van der Waals surface area contributed by atoms with Crippen LogP contribution in [0.1, 0.15) is 31.2 Å². The van der Waals surface area contributed by atoms with Gasteiger partial charge in [-0.2, -0.15) is 13.2 Å². The number of hydrogen-bond donors (Lipinski definition) is 1. The van der Waals surface area contributed by atoms with Crippen LogP contribution in [0.5, 0.6) is 5.75 Å². The molecular weight excluding hydrogens is 333 g/mol. The summed E-state index contributed by atoms with van der Waals surface area (Å²) in [5.74, 6) is 0.715. The molecule has 0 bridgehead atoms. The Morgan fingerprint density at radius 1 is 1.24 bits per heavy atom. The number of likely N-dealkylation sites (tertiary alicyclic amines) is 1. The highest BCUT2D eigenvalue weighted by Gasteiger charge is 2.26. The number of nitrogens with one attached hydrogen (secondary N) is 1. The highest BCUT2D eigenvalue weighted by Crippen LogP contribution is 2.21. The van der Waals surface area contributed by atoms with E-state index < -0.39 is 12.6 Å². The van der Waals surface area contributed by atoms with Crippen LogP contribution in [-0.2, 0) is 11.2 Å². The zero-order valence-electron chi connectivity index (χ0n) is 14.3. The number of carbonyl (C=O) groups is 1. The second-order valence-corrected chi connectivity index (χ2v) is 6.23. The monoisotopic (exact) mass is 358 g/mol. The Hall–Kier alpha value is -1.76. The molecule has 1 aromatic carbocycles. The minimum atomic E-state index is -4.14. The third-order valence-electron chi connectivity index (χ3n) is 4.10. The predicted octanol–water partition coefficient (Wildman–Crippen LogP) is 3.16. The van der Waals surface area contributed by atoms with E-state index in [-0.39, 0.29) is 18.9 Å². The van der Waals surface area contributed by atoms with Crippen molar-refractivity contribution in [1.82, 2.24) is 10.2 Å². The number of alkyl halides is 3. The molecule has 1 fully saturated rings. The fourth-order valence-corrected chi connectivity index (χ4v) is 2.76. The van der Waals surface area contributed by atoms with Crippen molar-refractivity contribution >= 4 is 5.91 Å². The quantitative estimate of drug-likeness (QED) is 0.690. The van der Waals surface area contributed by atoms with Gasteiger partial charge in [0, 0.05) is 19.5 Å². The zero-order valence-corrected chi connectivity index (χ0v) is 14.3. The first-order valence-electron chi connectivity index (χ1n) is 8.71. The number of halogens is 3. The first-order valence-corrected chi connectivity index (χ1v) is 8.71. The number of amides is 1. The maximum Gasteiger partial charge on any atom is 0.389 e. The lowest BCUT2D eigenvalue weighted by Crippen LogP contribution is -2.36. The van der Waals surface area contributed by atoms with Gasteiger partial charge >= 0.3 is 6.18 Å². The molecular formula is C18H25F3N2O2. The highest BCUT2D eigenvalue weighted by atomic mass is 19.4. The van der Waals surface area contributed by atoms with Crippen LogP contribution in [-0.4, -0.2) is 49.8 Å². The van der Waals surface area contributed by atoms with Crippen molar-refractivity contribution in [3.8, 4) is 5.75 Å². The first kappa shape index (κ1) is 19.6. The van der Waals surface area contributed by atoms with Gasteiger partial charge < -0.3 is 15.0 Å². The second-order valence-electron chi connectivity index (χ2n) is 6.23. The van der Waals surface area contributed by atoms with Crippen LogP contribution in [0.3, 0.4) is 0 Å². The summed E-state index contributed by atoms with van der Waals surface area (Å²) in [6.45, 7) is 2.76. The van der Waals surface area contributed by atoms with Crippen molar-refractivity contribution in [3.05, 3.63) is 29.8 Å². The van der Waals surface area contributed by atoms with Crippen LogP contribution in [0.15, 0.2) is 24.3 Å². The van der Waals surface area contributed by atoms with Gasteiger partial charge in [0.2, 0.25) is 5.91 Å². The van der Waals surface area contributed by atoms with Crippen LogP contribution >= 0.6 is 0 Å². The van der Waals surface area contributed by atoms with E-state index in [0.29, 0.717) is 18.8 Å². The molecule has 140 valence electrons. The number of rotatable bonds is 9. The summed E-state index contributed by atoms with van der Waals surface area (Å²) in [6.07, 6.45) is -2.12. The van der Waals surface area contributed by atoms with E-state index in [1.165, 1.54) is 0 Å². The van der Waals surface area contributed by atoms with Crippen molar-refractivity contribution in [3.63, 3.8) is 0 Å². The van der Waals surface area contributed by atoms with Crippen LogP contribution in [0, 0.1) is 0 Å². The van der Waals surface area contributed by atoms with E-state index >= 15 is 0 Å². The lowest BCUT2D eigenvalue weighted by atomic mass is 10.1. The Bertz CT molecular complexity index is 543. The molecule has 1 aliphatic heterocycles. The van der Waals surface area contributed by atoms with Crippen LogP contribution in [0.25, 0.3) is 0 Å². The topological polar surface area (TPSA) is 41.6 Å². The second kappa shape index (κ2) is 9.65. The molecule has 0 spiro atoms. The van der Waals surface area contributed by atoms with E-state index in [0.717, 1.165) is 37.9 Å². The summed E-state index contributed by atoms with van der Waals surface area (Å²) in [5.41, 5.74) is 1.02. The molecule has 7 heteroatoms. The van der Waals surface area contributed by atoms with E-state index in [1.807, 2.05) is 23.1 Å². The largest absolute Gasteiger partial charge is 0.494 e.